The van der Waals surface area contributed by atoms with Crippen LogP contribution in [0.3, 0.4) is 0 Å². The minimum Gasteiger partial charge on any atom is -0.411 e. The fourth-order valence-corrected chi connectivity index (χ4v) is 1.88. The highest BCUT2D eigenvalue weighted by Crippen LogP contribution is 2.10. The second kappa shape index (κ2) is 5.59. The fourth-order valence-electron chi connectivity index (χ4n) is 1.32. The van der Waals surface area contributed by atoms with E-state index in [2.05, 4.69) is 15.5 Å². The predicted molar refractivity (Wildman–Crippen MR) is 70.0 cm³/mol. The normalized spacial score (nSPS) is 11.3. The Balaban J connectivity index is 2.00. The van der Waals surface area contributed by atoms with E-state index in [4.69, 9.17) is 16.0 Å². The second-order valence-electron chi connectivity index (χ2n) is 3.92. The van der Waals surface area contributed by atoms with Gasteiger partial charge in [-0.2, -0.15) is 0 Å². The van der Waals surface area contributed by atoms with Crippen molar-refractivity contribution < 1.29 is 17.6 Å². The van der Waals surface area contributed by atoms with Gasteiger partial charge in [-0.15, -0.1) is 5.10 Å². The van der Waals surface area contributed by atoms with Gasteiger partial charge in [0.15, 0.2) is 0 Å². The van der Waals surface area contributed by atoms with Gasteiger partial charge >= 0.3 is 5.22 Å². The van der Waals surface area contributed by atoms with Crippen LogP contribution >= 0.6 is 11.6 Å². The topological polar surface area (TPSA) is 102 Å². The van der Waals surface area contributed by atoms with Crippen LogP contribution in [-0.4, -0.2) is 30.8 Å². The first-order chi connectivity index (χ1) is 9.36. The first-order valence-electron chi connectivity index (χ1n) is 5.42. The molecule has 0 spiro atoms. The molecule has 0 atom stereocenters. The Hall–Kier alpha value is -1.93. The largest absolute Gasteiger partial charge is 0.411 e. The van der Waals surface area contributed by atoms with Crippen LogP contribution < -0.4 is 5.32 Å². The maximum atomic E-state index is 11.8. The number of halogens is 1. The van der Waals surface area contributed by atoms with Crippen LogP contribution in [0.5, 0.6) is 0 Å². The van der Waals surface area contributed by atoms with Crippen LogP contribution in [0.2, 0.25) is 5.02 Å². The van der Waals surface area contributed by atoms with E-state index in [1.54, 1.807) is 24.3 Å². The van der Waals surface area contributed by atoms with Gasteiger partial charge in [-0.25, -0.2) is 8.42 Å². The number of sulfone groups is 1. The lowest BCUT2D eigenvalue weighted by Crippen LogP contribution is -2.22. The number of rotatable bonds is 4. The summed E-state index contributed by atoms with van der Waals surface area (Å²) in [7, 11) is -3.55. The summed E-state index contributed by atoms with van der Waals surface area (Å²) in [5.74, 6) is -0.353. The van der Waals surface area contributed by atoms with Crippen LogP contribution in [0.4, 0.5) is 0 Å². The maximum Gasteiger partial charge on any atom is 0.335 e. The maximum absolute atomic E-state index is 11.8. The van der Waals surface area contributed by atoms with Gasteiger partial charge in [-0.1, -0.05) is 16.7 Å². The van der Waals surface area contributed by atoms with E-state index in [0.717, 1.165) is 6.26 Å². The van der Waals surface area contributed by atoms with Crippen molar-refractivity contribution in [1.82, 2.24) is 15.5 Å². The van der Waals surface area contributed by atoms with Gasteiger partial charge in [0.05, 0.1) is 6.54 Å². The SMILES string of the molecule is CS(=O)(=O)c1nnc(CNC(=O)c2ccc(Cl)cc2)o1. The summed E-state index contributed by atoms with van der Waals surface area (Å²) in [4.78, 5) is 11.8. The Kier molecular flexibility index (Phi) is 4.05. The Labute approximate surface area is 119 Å². The van der Waals surface area contributed by atoms with E-state index >= 15 is 0 Å². The van der Waals surface area contributed by atoms with Crippen molar-refractivity contribution in [3.05, 3.63) is 40.7 Å². The molecule has 9 heteroatoms. The molecule has 0 bridgehead atoms. The van der Waals surface area contributed by atoms with Crippen molar-refractivity contribution in [3.8, 4) is 0 Å². The molecule has 0 unspecified atom stereocenters. The molecule has 0 fully saturated rings. The Morgan fingerprint density at radius 1 is 1.30 bits per heavy atom. The molecule has 106 valence electrons. The molecule has 2 aromatic rings. The van der Waals surface area contributed by atoms with Crippen LogP contribution in [0.25, 0.3) is 0 Å². The quantitative estimate of drug-likeness (QED) is 0.905. The third-order valence-corrected chi connectivity index (χ3v) is 3.32. The minimum atomic E-state index is -3.55. The van der Waals surface area contributed by atoms with Gasteiger partial charge in [-0.3, -0.25) is 4.79 Å². The highest BCUT2D eigenvalue weighted by Gasteiger charge is 2.16. The molecule has 2 rings (SSSR count). The summed E-state index contributed by atoms with van der Waals surface area (Å²) < 4.78 is 27.2. The van der Waals surface area contributed by atoms with Crippen LogP contribution in [-0.2, 0) is 16.4 Å². The zero-order valence-corrected chi connectivity index (χ0v) is 11.9. The predicted octanol–water partition coefficient (Wildman–Crippen LogP) is 1.06. The van der Waals surface area contributed by atoms with E-state index in [1.165, 1.54) is 0 Å². The molecule has 1 N–H and O–H groups in total. The monoisotopic (exact) mass is 315 g/mol. The van der Waals surface area contributed by atoms with Gasteiger partial charge < -0.3 is 9.73 Å². The molecule has 0 radical (unpaired) electrons. The molecule has 0 aliphatic rings. The molecule has 1 heterocycles. The molecule has 0 aliphatic heterocycles. The summed E-state index contributed by atoms with van der Waals surface area (Å²) in [6, 6.07) is 6.30. The summed E-state index contributed by atoms with van der Waals surface area (Å²) in [5.41, 5.74) is 0.414. The number of amides is 1. The first kappa shape index (κ1) is 14.5. The number of benzene rings is 1. The van der Waals surface area contributed by atoms with Gasteiger partial charge in [0.25, 0.3) is 5.91 Å². The fraction of sp³-hybridized carbons (Fsp3) is 0.182. The zero-order chi connectivity index (χ0) is 14.8. The first-order valence-corrected chi connectivity index (χ1v) is 7.69. The van der Waals surface area contributed by atoms with Crippen LogP contribution in [0, 0.1) is 0 Å². The van der Waals surface area contributed by atoms with Crippen molar-refractivity contribution in [1.29, 1.82) is 0 Å². The van der Waals surface area contributed by atoms with Crippen molar-refractivity contribution >= 4 is 27.3 Å². The molecule has 0 saturated carbocycles. The number of hydrogen-bond donors (Lipinski definition) is 1. The lowest BCUT2D eigenvalue weighted by atomic mass is 10.2. The molecule has 0 aliphatic carbocycles. The standard InChI is InChI=1S/C11H10ClN3O4S/c1-20(17,18)11-15-14-9(19-11)6-13-10(16)7-2-4-8(12)5-3-7/h2-5H,6H2,1H3,(H,13,16). The molecule has 0 saturated heterocycles. The van der Waals surface area contributed by atoms with E-state index < -0.39 is 15.1 Å². The summed E-state index contributed by atoms with van der Waals surface area (Å²) in [5, 5.41) is 9.48. The number of carbonyl (C=O) groups excluding carboxylic acids is 1. The third-order valence-electron chi connectivity index (χ3n) is 2.27. The highest BCUT2D eigenvalue weighted by molar-refractivity contribution is 7.90. The van der Waals surface area contributed by atoms with E-state index in [1.807, 2.05) is 0 Å². The molecular weight excluding hydrogens is 306 g/mol. The highest BCUT2D eigenvalue weighted by atomic mass is 35.5. The Morgan fingerprint density at radius 2 is 1.95 bits per heavy atom. The molecule has 20 heavy (non-hydrogen) atoms. The van der Waals surface area contributed by atoms with Gasteiger partial charge in [0.1, 0.15) is 0 Å². The third kappa shape index (κ3) is 3.55. The van der Waals surface area contributed by atoms with Crippen molar-refractivity contribution in [2.24, 2.45) is 0 Å². The zero-order valence-electron chi connectivity index (χ0n) is 10.3. The number of aromatic nitrogens is 2. The van der Waals surface area contributed by atoms with Crippen molar-refractivity contribution in [2.75, 3.05) is 6.26 Å². The number of nitrogens with zero attached hydrogens (tertiary/aromatic N) is 2. The van der Waals surface area contributed by atoms with Crippen molar-refractivity contribution in [3.63, 3.8) is 0 Å². The van der Waals surface area contributed by atoms with E-state index in [-0.39, 0.29) is 18.3 Å². The van der Waals surface area contributed by atoms with E-state index in [9.17, 15) is 13.2 Å². The molecule has 1 amide bonds. The average Bonchev–Trinajstić information content (AvgIpc) is 2.85. The minimum absolute atomic E-state index is 0.00717. The second-order valence-corrected chi connectivity index (χ2v) is 6.25. The number of hydrogen-bond acceptors (Lipinski definition) is 6. The number of nitrogens with one attached hydrogen (secondary N) is 1. The summed E-state index contributed by atoms with van der Waals surface area (Å²) >= 11 is 5.71. The molecule has 7 nitrogen and oxygen atoms in total. The lowest BCUT2D eigenvalue weighted by molar-refractivity contribution is 0.0946. The van der Waals surface area contributed by atoms with Crippen LogP contribution in [0.15, 0.2) is 33.9 Å². The average molecular weight is 316 g/mol. The number of carbonyl (C=O) groups is 1. The summed E-state index contributed by atoms with van der Waals surface area (Å²) in [6.07, 6.45) is 0.955. The molecule has 1 aromatic heterocycles. The van der Waals surface area contributed by atoms with Gasteiger partial charge in [-0.05, 0) is 24.3 Å². The van der Waals surface area contributed by atoms with E-state index in [0.29, 0.717) is 10.6 Å². The van der Waals surface area contributed by atoms with Gasteiger partial charge in [0, 0.05) is 16.8 Å². The van der Waals surface area contributed by atoms with Crippen LogP contribution in [0.1, 0.15) is 16.2 Å². The van der Waals surface area contributed by atoms with Gasteiger partial charge in [0.2, 0.25) is 15.7 Å². The summed E-state index contributed by atoms with van der Waals surface area (Å²) in [6.45, 7) is -0.0655. The molecular formula is C11H10ClN3O4S. The Bertz CT molecular complexity index is 724. The Morgan fingerprint density at radius 3 is 2.50 bits per heavy atom. The van der Waals surface area contributed by atoms with Crippen molar-refractivity contribution in [2.45, 2.75) is 11.8 Å². The lowest BCUT2D eigenvalue weighted by Gasteiger charge is -2.02. The molecule has 1 aromatic carbocycles. The smallest absolute Gasteiger partial charge is 0.335 e.